The second-order valence-electron chi connectivity index (χ2n) is 8.99. The molecule has 10 heteroatoms. The second-order valence-corrected chi connectivity index (χ2v) is 9.43. The van der Waals surface area contributed by atoms with Crippen LogP contribution in [0, 0.1) is 0 Å². The molecule has 1 aromatic carbocycles. The Morgan fingerprint density at radius 3 is 2.62 bits per heavy atom. The topological polar surface area (TPSA) is 131 Å². The molecule has 188 valence electrons. The molecule has 2 saturated heterocycles. The highest BCUT2D eigenvalue weighted by Gasteiger charge is 2.42. The van der Waals surface area contributed by atoms with Crippen LogP contribution in [0.25, 0.3) is 0 Å². The third-order valence-corrected chi connectivity index (χ3v) is 7.10. The van der Waals surface area contributed by atoms with Gasteiger partial charge in [-0.05, 0) is 48.9 Å². The average molecular weight is 494 g/mol. The van der Waals surface area contributed by atoms with Crippen molar-refractivity contribution in [1.82, 2.24) is 15.1 Å². The number of carbonyl (C=O) groups is 3. The van der Waals surface area contributed by atoms with Crippen LogP contribution in [0.5, 0.6) is 0 Å². The van der Waals surface area contributed by atoms with Crippen molar-refractivity contribution in [3.63, 3.8) is 0 Å². The summed E-state index contributed by atoms with van der Waals surface area (Å²) in [7, 11) is 0. The molecule has 9 nitrogen and oxygen atoms in total. The molecule has 0 aromatic heterocycles. The summed E-state index contributed by atoms with van der Waals surface area (Å²) < 4.78 is 5.29. The summed E-state index contributed by atoms with van der Waals surface area (Å²) in [6, 6.07) is 4.81. The Hall–Kier alpha value is -2.20. The van der Waals surface area contributed by atoms with Crippen molar-refractivity contribution in [2.75, 3.05) is 32.8 Å². The van der Waals surface area contributed by atoms with E-state index in [1.54, 1.807) is 21.9 Å². The SMILES string of the molecule is CCC(N)(CCC(=O)N1CCOCC1)C(=O)N1CCCC1C(=O)NCc1cc(Cl)ccc1CN. The number of ether oxygens (including phenoxy) is 1. The zero-order valence-electron chi connectivity index (χ0n) is 19.9. The molecule has 0 aliphatic carbocycles. The Morgan fingerprint density at radius 1 is 1.21 bits per heavy atom. The quantitative estimate of drug-likeness (QED) is 0.473. The molecule has 34 heavy (non-hydrogen) atoms. The first kappa shape index (κ1) is 26.4. The third kappa shape index (κ3) is 6.27. The minimum atomic E-state index is -1.19. The highest BCUT2D eigenvalue weighted by Crippen LogP contribution is 2.26. The summed E-state index contributed by atoms with van der Waals surface area (Å²) in [5, 5.41) is 3.50. The number of likely N-dealkylation sites (tertiary alicyclic amines) is 1. The van der Waals surface area contributed by atoms with E-state index < -0.39 is 11.6 Å². The van der Waals surface area contributed by atoms with Gasteiger partial charge in [-0.2, -0.15) is 0 Å². The van der Waals surface area contributed by atoms with Crippen LogP contribution >= 0.6 is 11.6 Å². The van der Waals surface area contributed by atoms with E-state index in [1.807, 2.05) is 13.0 Å². The Labute approximate surface area is 206 Å². The van der Waals surface area contributed by atoms with Crippen molar-refractivity contribution in [2.45, 2.75) is 63.7 Å². The van der Waals surface area contributed by atoms with Gasteiger partial charge in [-0.1, -0.05) is 24.6 Å². The fourth-order valence-corrected chi connectivity index (χ4v) is 4.76. The number of carbonyl (C=O) groups excluding carboxylic acids is 3. The monoisotopic (exact) mass is 493 g/mol. The molecular weight excluding hydrogens is 458 g/mol. The minimum absolute atomic E-state index is 0.0210. The molecule has 0 radical (unpaired) electrons. The number of halogens is 1. The Bertz CT molecular complexity index is 892. The number of benzene rings is 1. The van der Waals surface area contributed by atoms with Crippen LogP contribution < -0.4 is 16.8 Å². The Morgan fingerprint density at radius 2 is 1.94 bits per heavy atom. The van der Waals surface area contributed by atoms with Gasteiger partial charge in [0.15, 0.2) is 0 Å². The van der Waals surface area contributed by atoms with Crippen molar-refractivity contribution >= 4 is 29.3 Å². The van der Waals surface area contributed by atoms with Gasteiger partial charge in [0.05, 0.1) is 18.8 Å². The van der Waals surface area contributed by atoms with Gasteiger partial charge in [0.2, 0.25) is 17.7 Å². The van der Waals surface area contributed by atoms with E-state index in [9.17, 15) is 14.4 Å². The zero-order chi connectivity index (χ0) is 24.7. The molecule has 0 saturated carbocycles. The lowest BCUT2D eigenvalue weighted by molar-refractivity contribution is -0.144. The zero-order valence-corrected chi connectivity index (χ0v) is 20.6. The number of nitrogens with one attached hydrogen (secondary N) is 1. The summed E-state index contributed by atoms with van der Waals surface area (Å²) in [6.45, 7) is 5.10. The number of morpholine rings is 1. The molecule has 3 rings (SSSR count). The molecule has 2 fully saturated rings. The predicted molar refractivity (Wildman–Crippen MR) is 130 cm³/mol. The fraction of sp³-hybridized carbons (Fsp3) is 0.625. The van der Waals surface area contributed by atoms with Gasteiger partial charge >= 0.3 is 0 Å². The first-order valence-corrected chi connectivity index (χ1v) is 12.4. The normalized spacial score (nSPS) is 20.2. The van der Waals surface area contributed by atoms with E-state index in [2.05, 4.69) is 5.32 Å². The van der Waals surface area contributed by atoms with Crippen LogP contribution in [0.3, 0.4) is 0 Å². The van der Waals surface area contributed by atoms with Gasteiger partial charge in [-0.25, -0.2) is 0 Å². The van der Waals surface area contributed by atoms with E-state index in [0.29, 0.717) is 57.3 Å². The van der Waals surface area contributed by atoms with Gasteiger partial charge in [0.25, 0.3) is 0 Å². The highest BCUT2D eigenvalue weighted by atomic mass is 35.5. The molecule has 2 heterocycles. The van der Waals surface area contributed by atoms with Crippen molar-refractivity contribution in [3.8, 4) is 0 Å². The van der Waals surface area contributed by atoms with E-state index in [0.717, 1.165) is 17.5 Å². The lowest BCUT2D eigenvalue weighted by Crippen LogP contribution is -2.58. The lowest BCUT2D eigenvalue weighted by atomic mass is 9.89. The van der Waals surface area contributed by atoms with Gasteiger partial charge in [0.1, 0.15) is 6.04 Å². The van der Waals surface area contributed by atoms with Crippen molar-refractivity contribution in [1.29, 1.82) is 0 Å². The first-order valence-electron chi connectivity index (χ1n) is 12.0. The molecule has 5 N–H and O–H groups in total. The molecule has 2 atom stereocenters. The molecule has 3 amide bonds. The predicted octanol–water partition coefficient (Wildman–Crippen LogP) is 1.15. The smallest absolute Gasteiger partial charge is 0.243 e. The van der Waals surface area contributed by atoms with E-state index in [4.69, 9.17) is 27.8 Å². The summed E-state index contributed by atoms with van der Waals surface area (Å²) in [5.41, 5.74) is 12.9. The molecule has 2 aliphatic rings. The highest BCUT2D eigenvalue weighted by molar-refractivity contribution is 6.30. The number of hydrogen-bond acceptors (Lipinski definition) is 6. The van der Waals surface area contributed by atoms with Gasteiger partial charge in [-0.15, -0.1) is 0 Å². The first-order chi connectivity index (χ1) is 16.3. The Balaban J connectivity index is 1.61. The van der Waals surface area contributed by atoms with Crippen LogP contribution in [0.15, 0.2) is 18.2 Å². The third-order valence-electron chi connectivity index (χ3n) is 6.86. The van der Waals surface area contributed by atoms with Crippen LogP contribution in [0.4, 0.5) is 0 Å². The molecular formula is C24H36ClN5O4. The lowest BCUT2D eigenvalue weighted by Gasteiger charge is -2.35. The largest absolute Gasteiger partial charge is 0.378 e. The Kier molecular flexibility index (Phi) is 9.30. The number of nitrogens with zero attached hydrogens (tertiary/aromatic N) is 2. The fourth-order valence-electron chi connectivity index (χ4n) is 4.56. The summed E-state index contributed by atoms with van der Waals surface area (Å²) in [6.07, 6.45) is 2.11. The standard InChI is InChI=1S/C24H36ClN5O4/c1-2-24(27,8-7-21(31)29-10-12-34-13-11-29)23(33)30-9-3-4-20(30)22(32)28-16-18-14-19(25)6-5-17(18)15-26/h5-6,14,20H,2-4,7-13,15-16,26-27H2,1H3,(H,28,32). The van der Waals surface area contributed by atoms with Crippen molar-refractivity contribution < 1.29 is 19.1 Å². The number of hydrogen-bond donors (Lipinski definition) is 3. The van der Waals surface area contributed by atoms with Gasteiger partial charge in [-0.3, -0.25) is 14.4 Å². The molecule has 0 bridgehead atoms. The van der Waals surface area contributed by atoms with Crippen LogP contribution in [-0.4, -0.2) is 72.0 Å². The van der Waals surface area contributed by atoms with E-state index >= 15 is 0 Å². The maximum atomic E-state index is 13.5. The summed E-state index contributed by atoms with van der Waals surface area (Å²) in [4.78, 5) is 42.4. The van der Waals surface area contributed by atoms with Crippen molar-refractivity contribution in [3.05, 3.63) is 34.3 Å². The molecule has 1 aromatic rings. The number of amides is 3. The molecule has 2 aliphatic heterocycles. The summed E-state index contributed by atoms with van der Waals surface area (Å²) in [5.74, 6) is -0.517. The van der Waals surface area contributed by atoms with E-state index in [1.165, 1.54) is 0 Å². The maximum Gasteiger partial charge on any atom is 0.243 e. The maximum absolute atomic E-state index is 13.5. The second kappa shape index (κ2) is 12.0. The number of nitrogens with two attached hydrogens (primary N) is 2. The van der Waals surface area contributed by atoms with Crippen LogP contribution in [-0.2, 0) is 32.2 Å². The van der Waals surface area contributed by atoms with Gasteiger partial charge < -0.3 is 31.3 Å². The molecule has 0 spiro atoms. The van der Waals surface area contributed by atoms with Gasteiger partial charge in [0, 0.05) is 44.2 Å². The average Bonchev–Trinajstić information content (AvgIpc) is 3.35. The van der Waals surface area contributed by atoms with Crippen molar-refractivity contribution in [2.24, 2.45) is 11.5 Å². The van der Waals surface area contributed by atoms with Crippen LogP contribution in [0.1, 0.15) is 50.2 Å². The number of rotatable bonds is 9. The minimum Gasteiger partial charge on any atom is -0.378 e. The molecule has 2 unspecified atom stereocenters. The van der Waals surface area contributed by atoms with Crippen LogP contribution in [0.2, 0.25) is 5.02 Å². The van der Waals surface area contributed by atoms with E-state index in [-0.39, 0.29) is 37.1 Å². The summed E-state index contributed by atoms with van der Waals surface area (Å²) >= 11 is 6.10.